The van der Waals surface area contributed by atoms with E-state index >= 15 is 0 Å². The van der Waals surface area contributed by atoms with Crippen LogP contribution in [0.2, 0.25) is 0 Å². The van der Waals surface area contributed by atoms with Crippen LogP contribution in [0.25, 0.3) is 0 Å². The number of nitrogens with one attached hydrogen (secondary N) is 1. The van der Waals surface area contributed by atoms with Crippen molar-refractivity contribution in [2.75, 3.05) is 32.2 Å². The summed E-state index contributed by atoms with van der Waals surface area (Å²) in [7, 11) is 1.43. The van der Waals surface area contributed by atoms with E-state index in [1.165, 1.54) is 7.11 Å². The van der Waals surface area contributed by atoms with Crippen molar-refractivity contribution in [3.05, 3.63) is 28.3 Å². The lowest BCUT2D eigenvalue weighted by atomic mass is 10.1. The molecule has 1 aliphatic heterocycles. The van der Waals surface area contributed by atoms with Crippen molar-refractivity contribution in [1.29, 1.82) is 0 Å². The molecule has 1 aromatic carbocycles. The highest BCUT2D eigenvalue weighted by molar-refractivity contribution is 5.68. The number of hydrogen-bond acceptors (Lipinski definition) is 5. The lowest BCUT2D eigenvalue weighted by Gasteiger charge is -2.11. The van der Waals surface area contributed by atoms with Gasteiger partial charge < -0.3 is 14.8 Å². The van der Waals surface area contributed by atoms with Gasteiger partial charge in [-0.15, -0.1) is 0 Å². The third-order valence-electron chi connectivity index (χ3n) is 3.29. The number of nitro benzene ring substituents is 1. The molecule has 0 bridgehead atoms. The molecule has 104 valence electrons. The summed E-state index contributed by atoms with van der Waals surface area (Å²) in [6.07, 6.45) is 2.02. The van der Waals surface area contributed by atoms with Gasteiger partial charge in [-0.2, -0.15) is 0 Å². The second-order valence-corrected chi connectivity index (χ2v) is 4.56. The molecule has 19 heavy (non-hydrogen) atoms. The molecule has 0 aliphatic carbocycles. The molecule has 0 aromatic heterocycles. The Morgan fingerprint density at radius 1 is 1.58 bits per heavy atom. The Morgan fingerprint density at radius 3 is 3.05 bits per heavy atom. The molecule has 6 heteroatoms. The van der Waals surface area contributed by atoms with Crippen molar-refractivity contribution in [3.63, 3.8) is 0 Å². The van der Waals surface area contributed by atoms with E-state index in [1.807, 2.05) is 0 Å². The van der Waals surface area contributed by atoms with E-state index in [4.69, 9.17) is 9.47 Å². The van der Waals surface area contributed by atoms with E-state index in [9.17, 15) is 10.1 Å². The van der Waals surface area contributed by atoms with E-state index in [2.05, 4.69) is 5.32 Å². The number of rotatable bonds is 6. The zero-order valence-electron chi connectivity index (χ0n) is 10.9. The molecule has 1 saturated heterocycles. The first-order valence-corrected chi connectivity index (χ1v) is 6.35. The van der Waals surface area contributed by atoms with Crippen LogP contribution in [0.5, 0.6) is 5.75 Å². The monoisotopic (exact) mass is 266 g/mol. The average molecular weight is 266 g/mol. The first-order chi connectivity index (χ1) is 9.22. The van der Waals surface area contributed by atoms with Gasteiger partial charge in [-0.3, -0.25) is 10.1 Å². The van der Waals surface area contributed by atoms with Crippen LogP contribution in [0.3, 0.4) is 0 Å². The van der Waals surface area contributed by atoms with Crippen LogP contribution in [-0.2, 0) is 4.74 Å². The minimum Gasteiger partial charge on any atom is -0.490 e. The number of ether oxygens (including phenoxy) is 2. The number of nitrogens with zero attached hydrogens (tertiary/aromatic N) is 1. The summed E-state index contributed by atoms with van der Waals surface area (Å²) < 4.78 is 10.3. The minimum absolute atomic E-state index is 0.00679. The molecule has 1 aromatic rings. The number of nitro groups is 1. The summed E-state index contributed by atoms with van der Waals surface area (Å²) in [4.78, 5) is 10.7. The smallest absolute Gasteiger partial charge is 0.333 e. The number of anilines is 1. The molecule has 1 unspecified atom stereocenters. The molecule has 1 atom stereocenters. The van der Waals surface area contributed by atoms with Gasteiger partial charge in [0.2, 0.25) is 0 Å². The third kappa shape index (κ3) is 3.35. The van der Waals surface area contributed by atoms with Gasteiger partial charge in [0, 0.05) is 19.8 Å². The minimum atomic E-state index is -0.417. The van der Waals surface area contributed by atoms with Gasteiger partial charge in [0.1, 0.15) is 5.69 Å². The Kier molecular flexibility index (Phi) is 4.57. The summed E-state index contributed by atoms with van der Waals surface area (Å²) in [6.45, 7) is 2.31. The van der Waals surface area contributed by atoms with Crippen LogP contribution in [0.15, 0.2) is 18.2 Å². The zero-order chi connectivity index (χ0) is 13.7. The van der Waals surface area contributed by atoms with Gasteiger partial charge >= 0.3 is 5.69 Å². The maximum absolute atomic E-state index is 11.1. The summed E-state index contributed by atoms with van der Waals surface area (Å²) in [5.41, 5.74) is 0.496. The number of hydrogen-bond donors (Lipinski definition) is 1. The van der Waals surface area contributed by atoms with E-state index in [-0.39, 0.29) is 11.4 Å². The fourth-order valence-corrected chi connectivity index (χ4v) is 2.24. The Balaban J connectivity index is 2.00. The molecular weight excluding hydrogens is 248 g/mol. The highest BCUT2D eigenvalue weighted by atomic mass is 16.6. The van der Waals surface area contributed by atoms with Gasteiger partial charge in [-0.1, -0.05) is 6.07 Å². The van der Waals surface area contributed by atoms with Gasteiger partial charge in [-0.25, -0.2) is 0 Å². The molecule has 6 nitrogen and oxygen atoms in total. The molecule has 1 N–H and O–H groups in total. The maximum atomic E-state index is 11.1. The Morgan fingerprint density at radius 2 is 2.42 bits per heavy atom. The summed E-state index contributed by atoms with van der Waals surface area (Å²) in [5, 5.41) is 14.2. The van der Waals surface area contributed by atoms with Crippen LogP contribution >= 0.6 is 0 Å². The third-order valence-corrected chi connectivity index (χ3v) is 3.29. The number of methoxy groups -OCH3 is 1. The van der Waals surface area contributed by atoms with Gasteiger partial charge in [0.15, 0.2) is 5.75 Å². The van der Waals surface area contributed by atoms with E-state index in [0.717, 1.165) is 26.1 Å². The highest BCUT2D eigenvalue weighted by Crippen LogP contribution is 2.34. The van der Waals surface area contributed by atoms with Gasteiger partial charge in [-0.05, 0) is 30.9 Å². The highest BCUT2D eigenvalue weighted by Gasteiger charge is 2.21. The van der Waals surface area contributed by atoms with Crippen LogP contribution in [0, 0.1) is 16.0 Å². The fraction of sp³-hybridized carbons (Fsp3) is 0.538. The van der Waals surface area contributed by atoms with Gasteiger partial charge in [0.05, 0.1) is 12.0 Å². The molecule has 0 spiro atoms. The van der Waals surface area contributed by atoms with Crippen molar-refractivity contribution in [1.82, 2.24) is 0 Å². The van der Waals surface area contributed by atoms with E-state index in [1.54, 1.807) is 18.2 Å². The average Bonchev–Trinajstić information content (AvgIpc) is 2.91. The van der Waals surface area contributed by atoms with Crippen LogP contribution in [0.4, 0.5) is 11.4 Å². The number of benzene rings is 1. The van der Waals surface area contributed by atoms with Gasteiger partial charge in [0.25, 0.3) is 0 Å². The quantitative estimate of drug-likeness (QED) is 0.632. The molecule has 1 heterocycles. The van der Waals surface area contributed by atoms with Crippen molar-refractivity contribution >= 4 is 11.4 Å². The predicted octanol–water partition coefficient (Wildman–Crippen LogP) is 2.44. The molecule has 2 rings (SSSR count). The summed E-state index contributed by atoms with van der Waals surface area (Å²) in [6, 6.07) is 5.03. The van der Waals surface area contributed by atoms with Crippen molar-refractivity contribution in [2.24, 2.45) is 5.92 Å². The van der Waals surface area contributed by atoms with Crippen LogP contribution in [0.1, 0.15) is 12.8 Å². The SMILES string of the molecule is COc1cccc(NCCC2CCOC2)c1[N+](=O)[O-]. The second kappa shape index (κ2) is 6.38. The molecule has 1 fully saturated rings. The van der Waals surface area contributed by atoms with E-state index < -0.39 is 4.92 Å². The van der Waals surface area contributed by atoms with Crippen LogP contribution in [-0.4, -0.2) is 31.8 Å². The first-order valence-electron chi connectivity index (χ1n) is 6.35. The number of para-hydroxylation sites is 1. The molecule has 0 saturated carbocycles. The lowest BCUT2D eigenvalue weighted by Crippen LogP contribution is -2.10. The van der Waals surface area contributed by atoms with Crippen molar-refractivity contribution < 1.29 is 14.4 Å². The standard InChI is InChI=1S/C13H18N2O4/c1-18-12-4-2-3-11(13(12)15(16)17)14-7-5-10-6-8-19-9-10/h2-4,10,14H,5-9H2,1H3. The van der Waals surface area contributed by atoms with Crippen LogP contribution < -0.4 is 10.1 Å². The predicted molar refractivity (Wildman–Crippen MR) is 71.7 cm³/mol. The Labute approximate surface area is 111 Å². The summed E-state index contributed by atoms with van der Waals surface area (Å²) in [5.74, 6) is 0.830. The van der Waals surface area contributed by atoms with E-state index in [0.29, 0.717) is 18.2 Å². The second-order valence-electron chi connectivity index (χ2n) is 4.56. The molecule has 0 radical (unpaired) electrons. The zero-order valence-corrected chi connectivity index (χ0v) is 10.9. The topological polar surface area (TPSA) is 73.6 Å². The Hall–Kier alpha value is -1.82. The first kappa shape index (κ1) is 13.6. The Bertz CT molecular complexity index is 444. The van der Waals surface area contributed by atoms with Crippen molar-refractivity contribution in [2.45, 2.75) is 12.8 Å². The lowest BCUT2D eigenvalue weighted by molar-refractivity contribution is -0.384. The molecule has 1 aliphatic rings. The largest absolute Gasteiger partial charge is 0.490 e. The molecule has 0 amide bonds. The molecular formula is C13H18N2O4. The van der Waals surface area contributed by atoms with Crippen molar-refractivity contribution in [3.8, 4) is 5.75 Å². The maximum Gasteiger partial charge on any atom is 0.333 e. The fourth-order valence-electron chi connectivity index (χ4n) is 2.24. The normalized spacial score (nSPS) is 18.3. The summed E-state index contributed by atoms with van der Waals surface area (Å²) >= 11 is 0.